The van der Waals surface area contributed by atoms with Crippen LogP contribution in [-0.2, 0) is 15.0 Å². The summed E-state index contributed by atoms with van der Waals surface area (Å²) in [5, 5.41) is 24.1. The SMILES string of the molecule is O=C1C=C(O)C(c2oc3cc(C45CCNC6C4C65)ccc3c(=O)c2O)=CC1=O. The summed E-state index contributed by atoms with van der Waals surface area (Å²) in [6, 6.07) is 6.01. The maximum Gasteiger partial charge on any atom is 0.235 e. The molecule has 7 nitrogen and oxygen atoms in total. The molecule has 140 valence electrons. The van der Waals surface area contributed by atoms with E-state index in [2.05, 4.69) is 5.32 Å². The number of aromatic hydroxyl groups is 1. The monoisotopic (exact) mass is 377 g/mol. The van der Waals surface area contributed by atoms with Crippen molar-refractivity contribution in [3.8, 4) is 5.75 Å². The van der Waals surface area contributed by atoms with Crippen molar-refractivity contribution in [2.75, 3.05) is 6.54 Å². The third-order valence-corrected chi connectivity index (χ3v) is 6.73. The highest BCUT2D eigenvalue weighted by Gasteiger charge is 2.84. The van der Waals surface area contributed by atoms with Gasteiger partial charge >= 0.3 is 0 Å². The number of hydrogen-bond donors (Lipinski definition) is 3. The smallest absolute Gasteiger partial charge is 0.235 e. The highest BCUT2D eigenvalue weighted by molar-refractivity contribution is 6.48. The van der Waals surface area contributed by atoms with Gasteiger partial charge in [-0.15, -0.1) is 0 Å². The Morgan fingerprint density at radius 1 is 1.07 bits per heavy atom. The summed E-state index contributed by atoms with van der Waals surface area (Å²) >= 11 is 0. The zero-order chi connectivity index (χ0) is 19.4. The molecule has 3 fully saturated rings. The fourth-order valence-corrected chi connectivity index (χ4v) is 5.28. The van der Waals surface area contributed by atoms with Crippen LogP contribution < -0.4 is 10.7 Å². The minimum Gasteiger partial charge on any atom is -0.507 e. The summed E-state index contributed by atoms with van der Waals surface area (Å²) in [4.78, 5) is 35.7. The second-order valence-electron chi connectivity index (χ2n) is 7.96. The molecule has 2 saturated carbocycles. The molecule has 0 spiro atoms. The molecule has 4 aliphatic rings. The first-order valence-electron chi connectivity index (χ1n) is 9.18. The van der Waals surface area contributed by atoms with Crippen molar-refractivity contribution in [1.29, 1.82) is 0 Å². The van der Waals surface area contributed by atoms with E-state index in [-0.39, 0.29) is 27.7 Å². The van der Waals surface area contributed by atoms with Crippen molar-refractivity contribution in [3.05, 3.63) is 57.7 Å². The largest absolute Gasteiger partial charge is 0.507 e. The summed E-state index contributed by atoms with van der Waals surface area (Å²) in [6.45, 7) is 0.960. The standard InChI is InChI=1S/C21H15NO6/c23-11-7-13(25)12(24)6-10(11)20-19(27)18(26)9-2-1-8(5-14(9)28-20)21-3-4-22-17-15(21)16(17)21/h1-2,5-7,15-17,22-23,27H,3-4H2. The Hall–Kier alpha value is -3.19. The van der Waals surface area contributed by atoms with Gasteiger partial charge in [0.05, 0.1) is 11.0 Å². The van der Waals surface area contributed by atoms with E-state index in [4.69, 9.17) is 4.42 Å². The third kappa shape index (κ3) is 1.75. The van der Waals surface area contributed by atoms with E-state index in [0.29, 0.717) is 17.9 Å². The molecule has 1 saturated heterocycles. The number of aliphatic hydroxyl groups is 1. The fraction of sp³-hybridized carbons (Fsp3) is 0.286. The average Bonchev–Trinajstić information content (AvgIpc) is 3.59. The predicted molar refractivity (Wildman–Crippen MR) is 97.9 cm³/mol. The van der Waals surface area contributed by atoms with Crippen LogP contribution in [0.4, 0.5) is 0 Å². The van der Waals surface area contributed by atoms with Crippen LogP contribution in [0.1, 0.15) is 17.7 Å². The molecule has 6 rings (SSSR count). The number of nitrogens with one attached hydrogen (secondary N) is 1. The van der Waals surface area contributed by atoms with Crippen LogP contribution in [0.3, 0.4) is 0 Å². The van der Waals surface area contributed by atoms with Gasteiger partial charge in [-0.25, -0.2) is 0 Å². The predicted octanol–water partition coefficient (Wildman–Crippen LogP) is 1.33. The maximum absolute atomic E-state index is 12.6. The molecule has 0 amide bonds. The number of carbonyl (C=O) groups is 2. The molecule has 28 heavy (non-hydrogen) atoms. The molecule has 0 bridgehead atoms. The van der Waals surface area contributed by atoms with Gasteiger partial charge in [-0.1, -0.05) is 6.07 Å². The van der Waals surface area contributed by atoms with E-state index in [1.165, 1.54) is 0 Å². The van der Waals surface area contributed by atoms with Gasteiger partial charge in [-0.3, -0.25) is 14.4 Å². The summed E-state index contributed by atoms with van der Waals surface area (Å²) in [6.07, 6.45) is 2.66. The Labute approximate surface area is 158 Å². The molecule has 2 unspecified atom stereocenters. The molecule has 1 aromatic carbocycles. The number of hydrogen-bond acceptors (Lipinski definition) is 7. The van der Waals surface area contributed by atoms with Crippen molar-refractivity contribution >= 4 is 28.1 Å². The lowest BCUT2D eigenvalue weighted by Crippen LogP contribution is -2.43. The molecule has 1 aromatic heterocycles. The number of benzene rings is 1. The van der Waals surface area contributed by atoms with Crippen LogP contribution in [0, 0.1) is 11.8 Å². The lowest BCUT2D eigenvalue weighted by molar-refractivity contribution is -0.131. The average molecular weight is 377 g/mol. The van der Waals surface area contributed by atoms with Crippen LogP contribution >= 0.6 is 0 Å². The Morgan fingerprint density at radius 2 is 1.82 bits per heavy atom. The molecule has 2 heterocycles. The van der Waals surface area contributed by atoms with Gasteiger partial charge in [0.15, 0.2) is 5.76 Å². The molecule has 3 N–H and O–H groups in total. The van der Waals surface area contributed by atoms with Crippen LogP contribution in [0.5, 0.6) is 5.75 Å². The van der Waals surface area contributed by atoms with Gasteiger partial charge in [0.25, 0.3) is 0 Å². The summed E-state index contributed by atoms with van der Waals surface area (Å²) in [7, 11) is 0. The number of piperidine rings is 2. The highest BCUT2D eigenvalue weighted by atomic mass is 16.4. The Kier molecular flexibility index (Phi) is 2.71. The Bertz CT molecular complexity index is 1240. The molecule has 1 aliphatic heterocycles. The first-order valence-corrected chi connectivity index (χ1v) is 9.18. The molecular formula is C21H15NO6. The van der Waals surface area contributed by atoms with Gasteiger partial charge in [-0.2, -0.15) is 0 Å². The first kappa shape index (κ1) is 15.8. The Morgan fingerprint density at radius 3 is 2.57 bits per heavy atom. The minimum absolute atomic E-state index is 0.148. The zero-order valence-electron chi connectivity index (χ0n) is 14.6. The maximum atomic E-state index is 12.6. The summed E-state index contributed by atoms with van der Waals surface area (Å²) < 4.78 is 5.77. The van der Waals surface area contributed by atoms with Crippen molar-refractivity contribution in [2.24, 2.45) is 11.8 Å². The molecular weight excluding hydrogens is 362 g/mol. The summed E-state index contributed by atoms with van der Waals surface area (Å²) in [5.74, 6) is -2.01. The third-order valence-electron chi connectivity index (χ3n) is 6.73. The first-order chi connectivity index (χ1) is 13.4. The van der Waals surface area contributed by atoms with E-state index >= 15 is 0 Å². The second-order valence-corrected chi connectivity index (χ2v) is 7.96. The van der Waals surface area contributed by atoms with E-state index in [0.717, 1.165) is 30.7 Å². The topological polar surface area (TPSA) is 117 Å². The molecule has 7 heteroatoms. The number of fused-ring (bicyclic) bond motifs is 3. The minimum atomic E-state index is -0.876. The second kappa shape index (κ2) is 4.80. The van der Waals surface area contributed by atoms with Crippen LogP contribution in [0.25, 0.3) is 16.5 Å². The molecule has 3 aliphatic carbocycles. The van der Waals surface area contributed by atoms with Gasteiger partial charge in [-0.05, 0) is 42.5 Å². The van der Waals surface area contributed by atoms with Crippen LogP contribution in [0.2, 0.25) is 0 Å². The van der Waals surface area contributed by atoms with E-state index in [9.17, 15) is 24.6 Å². The van der Waals surface area contributed by atoms with E-state index < -0.39 is 28.5 Å². The van der Waals surface area contributed by atoms with Gasteiger partial charge < -0.3 is 19.9 Å². The molecule has 0 radical (unpaired) electrons. The van der Waals surface area contributed by atoms with E-state index in [1.54, 1.807) is 6.07 Å². The van der Waals surface area contributed by atoms with Gasteiger partial charge in [0.1, 0.15) is 11.3 Å². The number of ketones is 2. The quantitative estimate of drug-likeness (QED) is 0.534. The zero-order valence-corrected chi connectivity index (χ0v) is 14.6. The van der Waals surface area contributed by atoms with Crippen LogP contribution in [0.15, 0.2) is 45.3 Å². The molecule has 2 atom stereocenters. The Balaban J connectivity index is 1.52. The van der Waals surface area contributed by atoms with Crippen molar-refractivity contribution in [2.45, 2.75) is 17.9 Å². The fourth-order valence-electron chi connectivity index (χ4n) is 5.28. The summed E-state index contributed by atoms with van der Waals surface area (Å²) in [5.41, 5.74) is 0.707. The van der Waals surface area contributed by atoms with Crippen LogP contribution in [-0.4, -0.2) is 34.4 Å². The number of rotatable bonds is 2. The highest BCUT2D eigenvalue weighted by Crippen LogP contribution is 2.80. The van der Waals surface area contributed by atoms with Gasteiger partial charge in [0, 0.05) is 23.6 Å². The van der Waals surface area contributed by atoms with Crippen molar-refractivity contribution < 1.29 is 24.2 Å². The van der Waals surface area contributed by atoms with Gasteiger partial charge in [0.2, 0.25) is 22.7 Å². The molecule has 2 aromatic rings. The number of allylic oxidation sites excluding steroid dienone is 3. The normalized spacial score (nSPS) is 32.6. The number of aliphatic hydroxyl groups excluding tert-OH is 1. The van der Waals surface area contributed by atoms with Crippen molar-refractivity contribution in [1.82, 2.24) is 5.32 Å². The number of carbonyl (C=O) groups excluding carboxylic acids is 2. The lowest BCUT2D eigenvalue weighted by atomic mass is 9.78. The van der Waals surface area contributed by atoms with E-state index in [1.807, 2.05) is 12.1 Å². The lowest BCUT2D eigenvalue weighted by Gasteiger charge is -2.33. The van der Waals surface area contributed by atoms with Crippen molar-refractivity contribution in [3.63, 3.8) is 0 Å².